The summed E-state index contributed by atoms with van der Waals surface area (Å²) in [5.41, 5.74) is -3.08. The molecule has 9 atom stereocenters. The molecule has 0 unspecified atom stereocenters. The molecule has 0 spiro atoms. The Hall–Kier alpha value is -10.5. The van der Waals surface area contributed by atoms with Crippen molar-refractivity contribution in [2.45, 2.75) is 140 Å². The van der Waals surface area contributed by atoms with Crippen LogP contribution >= 0.6 is 0 Å². The van der Waals surface area contributed by atoms with Crippen molar-refractivity contribution < 1.29 is 74.8 Å². The Bertz CT molecular complexity index is 4600. The van der Waals surface area contributed by atoms with Gasteiger partial charge in [-0.2, -0.15) is 0 Å². The van der Waals surface area contributed by atoms with Gasteiger partial charge in [-0.1, -0.05) is 60.7 Å². The average Bonchev–Trinajstić information content (AvgIpc) is 1.65. The molecule has 97 heavy (non-hydrogen) atoms. The van der Waals surface area contributed by atoms with Crippen molar-refractivity contribution in [3.8, 4) is 17.2 Å². The molecule has 5 amide bonds. The fourth-order valence-electron chi connectivity index (χ4n) is 16.1. The van der Waals surface area contributed by atoms with Gasteiger partial charge in [0.15, 0.2) is 34.3 Å². The second-order valence-corrected chi connectivity index (χ2v) is 26.1. The zero-order valence-corrected chi connectivity index (χ0v) is 51.7. The van der Waals surface area contributed by atoms with Gasteiger partial charge in [0.2, 0.25) is 16.3 Å². The van der Waals surface area contributed by atoms with Gasteiger partial charge in [0.25, 0.3) is 29.5 Å². The van der Waals surface area contributed by atoms with Gasteiger partial charge in [-0.05, 0) is 86.7 Å². The predicted molar refractivity (Wildman–Crippen MR) is 331 cm³/mol. The number of ether oxygens (including phenoxy) is 2. The smallest absolute Gasteiger partial charge is 0.341 e. The second-order valence-electron chi connectivity index (χ2n) is 26.1. The van der Waals surface area contributed by atoms with Crippen molar-refractivity contribution in [2.75, 3.05) is 0 Å². The van der Waals surface area contributed by atoms with Crippen LogP contribution in [0.15, 0.2) is 118 Å². The zero-order valence-electron chi connectivity index (χ0n) is 51.7. The minimum atomic E-state index is -1.31. The summed E-state index contributed by atoms with van der Waals surface area (Å²) in [6.45, 7) is 0.126. The van der Waals surface area contributed by atoms with Gasteiger partial charge in [0, 0.05) is 105 Å². The van der Waals surface area contributed by atoms with Crippen LogP contribution in [0.1, 0.15) is 143 Å². The van der Waals surface area contributed by atoms with Gasteiger partial charge in [-0.3, -0.25) is 38.4 Å². The van der Waals surface area contributed by atoms with E-state index in [4.69, 9.17) is 9.47 Å². The van der Waals surface area contributed by atoms with E-state index < -0.39 is 110 Å². The number of pyridine rings is 3. The third kappa shape index (κ3) is 11.4. The topological polar surface area (TPSA) is 261 Å². The van der Waals surface area contributed by atoms with E-state index in [-0.39, 0.29) is 101 Å². The first-order valence-electron chi connectivity index (χ1n) is 32.0. The maximum atomic E-state index is 14.1. The molecule has 3 saturated carbocycles. The van der Waals surface area contributed by atoms with Gasteiger partial charge in [0.1, 0.15) is 64.8 Å². The predicted octanol–water partition coefficient (Wildman–Crippen LogP) is 7.82. The first kappa shape index (κ1) is 63.9. The number of benzene rings is 4. The number of carboxylic acids is 1. The van der Waals surface area contributed by atoms with Crippen LogP contribution in [-0.4, -0.2) is 110 Å². The normalized spacial score (nSPS) is 23.1. The SMILES string of the molecule is O=C(NCc1c(F)cc(F)cc1F)c1cn2c(c(O)c1=O)C(=O)N1[C@H]3CC[C@H](C3)[C@@H]1C2.O=C(NCc1c(F)cc(F)cc1F)c1cn2c(c(OCc3ccccc3)c1=O)C(=O)N1[C@H]3CC[C@H](C3)[C@@H]1C2.O=C(O)c1cn2c(c(OCc3ccccc3)c1=O)C(=O)N1[C@H]3CC[C@H](C3)[C@@H]1C2. The molecule has 16 rings (SSSR count). The molecule has 9 heterocycles. The van der Waals surface area contributed by atoms with Crippen molar-refractivity contribution in [1.82, 2.24) is 39.0 Å². The van der Waals surface area contributed by atoms with Crippen LogP contribution in [-0.2, 0) is 45.9 Å². The van der Waals surface area contributed by atoms with Gasteiger partial charge >= 0.3 is 5.97 Å². The van der Waals surface area contributed by atoms with E-state index >= 15 is 0 Å². The lowest BCUT2D eigenvalue weighted by atomic mass is 9.95. The maximum Gasteiger partial charge on any atom is 0.341 e. The van der Waals surface area contributed by atoms with E-state index in [1.54, 1.807) is 14.0 Å². The lowest BCUT2D eigenvalue weighted by Gasteiger charge is -2.40. The monoisotopic (exact) mass is 1340 g/mol. The summed E-state index contributed by atoms with van der Waals surface area (Å²) < 4.78 is 98.3. The summed E-state index contributed by atoms with van der Waals surface area (Å²) >= 11 is 0. The van der Waals surface area contributed by atoms with Crippen LogP contribution in [0.2, 0.25) is 0 Å². The Morgan fingerprint density at radius 1 is 0.464 bits per heavy atom. The number of nitrogens with zero attached hydrogens (tertiary/aromatic N) is 6. The molecule has 4 N–H and O–H groups in total. The van der Waals surface area contributed by atoms with E-state index in [0.29, 0.717) is 61.7 Å². The largest absolute Gasteiger partial charge is 0.503 e. The Morgan fingerprint density at radius 3 is 1.19 bits per heavy atom. The number of halogens is 6. The Morgan fingerprint density at radius 2 is 0.804 bits per heavy atom. The molecule has 21 nitrogen and oxygen atoms in total. The summed E-state index contributed by atoms with van der Waals surface area (Å²) in [5, 5.41) is 24.4. The molecular weight excluding hydrogens is 1270 g/mol. The number of carbonyl (C=O) groups is 6. The van der Waals surface area contributed by atoms with Crippen LogP contribution in [0, 0.1) is 52.7 Å². The summed E-state index contributed by atoms with van der Waals surface area (Å²) in [7, 11) is 0. The number of piperidine rings is 3. The second kappa shape index (κ2) is 25.3. The van der Waals surface area contributed by atoms with E-state index in [1.807, 2.05) is 70.5 Å². The molecule has 3 aliphatic carbocycles. The van der Waals surface area contributed by atoms with Crippen molar-refractivity contribution in [2.24, 2.45) is 17.8 Å². The van der Waals surface area contributed by atoms with Crippen LogP contribution in [0.25, 0.3) is 0 Å². The quantitative estimate of drug-likeness (QED) is 0.0804. The number of carboxylic acid groups (broad SMARTS) is 1. The van der Waals surface area contributed by atoms with Crippen LogP contribution in [0.4, 0.5) is 26.3 Å². The number of aromatic nitrogens is 3. The molecule has 7 aromatic rings. The zero-order chi connectivity index (χ0) is 68.0. The van der Waals surface area contributed by atoms with Crippen molar-refractivity contribution in [1.29, 1.82) is 0 Å². The van der Waals surface area contributed by atoms with E-state index in [0.717, 1.165) is 68.9 Å². The Labute approximate surface area is 547 Å². The molecular formula is C70H62F6N8O13. The molecule has 0 radical (unpaired) electrons. The summed E-state index contributed by atoms with van der Waals surface area (Å²) in [6.07, 6.45) is 12.5. The molecule has 9 aliphatic rings. The van der Waals surface area contributed by atoms with E-state index in [9.17, 15) is 79.7 Å². The van der Waals surface area contributed by atoms with Crippen molar-refractivity contribution >= 4 is 35.5 Å². The number of amides is 5. The number of aromatic carboxylic acids is 1. The standard InChI is InChI=1S/C28H24F3N3O4.C21H18F3N3O4.C21H20N2O5/c29-17-9-21(30)19(22(31)10-17)11-32-27(36)20-12-33-13-23-16-6-7-18(8-16)34(23)28(37)24(33)26(25(20)35)38-14-15-4-2-1-3-5-15;22-10-4-14(23)12(15(24)5-10)6-25-20(30)13-7-26-8-16-9-1-2-11(3-9)27(16)21(31)17(26)19(29)18(13)28;24-18-15(21(26)27)9-22-10-16-13-6-7-14(8-13)23(16)20(25)17(22)19(18)28-11-12-4-2-1-3-5-12/h1-5,9-10,12,16,18,23H,6-8,11,13-14H2,(H,32,36);4-5,7,9,11,16,29H,1-3,6,8H2,(H,25,30);1-5,9,13-14,16H,6-8,10-11H2,(H,26,27)/t16-,18+,23+;9-,11+,16+;13-,14+,16+/m111/s1. The van der Waals surface area contributed by atoms with Gasteiger partial charge in [-0.25, -0.2) is 31.1 Å². The fourth-order valence-corrected chi connectivity index (χ4v) is 16.1. The van der Waals surface area contributed by atoms with Crippen molar-refractivity contribution in [3.63, 3.8) is 0 Å². The van der Waals surface area contributed by atoms with Gasteiger partial charge in [0.05, 0.1) is 18.1 Å². The number of carbonyl (C=O) groups excluding carboxylic acids is 5. The van der Waals surface area contributed by atoms with Gasteiger partial charge < -0.3 is 58.7 Å². The minimum Gasteiger partial charge on any atom is -0.503 e. The number of nitrogens with one attached hydrogen (secondary N) is 2. The Kier molecular flexibility index (Phi) is 16.6. The molecule has 6 aliphatic heterocycles. The van der Waals surface area contributed by atoms with Gasteiger partial charge in [-0.15, -0.1) is 0 Å². The lowest BCUT2D eigenvalue weighted by Crippen LogP contribution is -2.52. The highest BCUT2D eigenvalue weighted by atomic mass is 19.2. The highest BCUT2D eigenvalue weighted by Gasteiger charge is 2.55. The number of rotatable bonds is 13. The Balaban J connectivity index is 0.000000126. The average molecular weight is 1340 g/mol. The molecule has 6 bridgehead atoms. The molecule has 3 aromatic heterocycles. The highest BCUT2D eigenvalue weighted by molar-refractivity contribution is 6.01. The van der Waals surface area contributed by atoms with E-state index in [2.05, 4.69) is 10.6 Å². The minimum absolute atomic E-state index is 0.00289. The van der Waals surface area contributed by atoms with Crippen molar-refractivity contribution in [3.05, 3.63) is 225 Å². The third-order valence-electron chi connectivity index (χ3n) is 20.7. The summed E-state index contributed by atoms with van der Waals surface area (Å²) in [4.78, 5) is 122. The summed E-state index contributed by atoms with van der Waals surface area (Å²) in [6, 6.07) is 20.8. The summed E-state index contributed by atoms with van der Waals surface area (Å²) in [5.74, 6) is -11.0. The molecule has 6 fully saturated rings. The lowest BCUT2D eigenvalue weighted by molar-refractivity contribution is 0.0471. The number of hydrogen-bond donors (Lipinski definition) is 4. The first-order chi connectivity index (χ1) is 46.6. The molecule has 3 saturated heterocycles. The number of aromatic hydroxyl groups is 1. The fraction of sp³-hybridized carbons (Fsp3) is 0.357. The van der Waals surface area contributed by atoms with E-state index in [1.165, 1.54) is 23.2 Å². The third-order valence-corrected chi connectivity index (χ3v) is 20.7. The van der Waals surface area contributed by atoms with Crippen LogP contribution in [0.5, 0.6) is 17.2 Å². The molecule has 4 aromatic carbocycles. The number of hydrogen-bond acceptors (Lipinski definition) is 12. The number of fused-ring (bicyclic) bond motifs is 18. The van der Waals surface area contributed by atoms with Crippen LogP contribution in [0.3, 0.4) is 0 Å². The van der Waals surface area contributed by atoms with Crippen LogP contribution < -0.4 is 36.4 Å². The molecule has 502 valence electrons. The maximum absolute atomic E-state index is 14.1. The molecule has 27 heteroatoms. The first-order valence-corrected chi connectivity index (χ1v) is 32.0. The highest BCUT2D eigenvalue weighted by Crippen LogP contribution is 2.49.